The van der Waals surface area contributed by atoms with Gasteiger partial charge in [0.1, 0.15) is 0 Å². The number of aryl methyl sites for hydroxylation is 1. The van der Waals surface area contributed by atoms with E-state index in [1.807, 2.05) is 31.4 Å². The molecule has 2 rings (SSSR count). The number of nitrogens with one attached hydrogen (secondary N) is 1. The maximum Gasteiger partial charge on any atom is 0.340 e. The van der Waals surface area contributed by atoms with Gasteiger partial charge in [-0.15, -0.1) is 11.8 Å². The predicted octanol–water partition coefficient (Wildman–Crippen LogP) is 2.91. The molecule has 1 aromatic heterocycles. The number of nitrogens with zero attached hydrogens (tertiary/aromatic N) is 1. The third-order valence-corrected chi connectivity index (χ3v) is 3.66. The Hall–Kier alpha value is -2.34. The topological polar surface area (TPSA) is 68.3 Å². The second kappa shape index (κ2) is 7.61. The van der Waals surface area contributed by atoms with Crippen LogP contribution in [0.3, 0.4) is 0 Å². The lowest BCUT2D eigenvalue weighted by molar-refractivity contribution is -0.119. The number of carbonyl (C=O) groups is 2. The quantitative estimate of drug-likeness (QED) is 0.678. The zero-order valence-electron chi connectivity index (χ0n) is 12.3. The largest absolute Gasteiger partial charge is 0.452 e. The van der Waals surface area contributed by atoms with Gasteiger partial charge in [0.25, 0.3) is 5.91 Å². The minimum atomic E-state index is -0.569. The zero-order valence-corrected chi connectivity index (χ0v) is 13.1. The van der Waals surface area contributed by atoms with E-state index in [2.05, 4.69) is 10.3 Å². The number of para-hydroxylation sites is 1. The molecule has 0 spiro atoms. The van der Waals surface area contributed by atoms with Crippen molar-refractivity contribution in [2.24, 2.45) is 0 Å². The number of anilines is 1. The summed E-state index contributed by atoms with van der Waals surface area (Å²) in [6, 6.07) is 10.8. The minimum Gasteiger partial charge on any atom is -0.452 e. The monoisotopic (exact) mass is 316 g/mol. The lowest BCUT2D eigenvalue weighted by Crippen LogP contribution is -2.21. The van der Waals surface area contributed by atoms with E-state index in [0.717, 1.165) is 10.6 Å². The highest BCUT2D eigenvalue weighted by molar-refractivity contribution is 7.98. The Labute approximate surface area is 133 Å². The standard InChI is InChI=1S/C16H16N2O3S/c1-11-7-8-12(9-17-11)16(20)21-10-15(19)18-13-5-3-4-6-14(13)22-2/h3-9H,10H2,1-2H3,(H,18,19). The van der Waals surface area contributed by atoms with E-state index < -0.39 is 5.97 Å². The van der Waals surface area contributed by atoms with Crippen molar-refractivity contribution in [2.45, 2.75) is 11.8 Å². The molecule has 114 valence electrons. The molecule has 0 saturated carbocycles. The van der Waals surface area contributed by atoms with Crippen molar-refractivity contribution in [2.75, 3.05) is 18.2 Å². The molecule has 1 aromatic carbocycles. The normalized spacial score (nSPS) is 10.1. The number of rotatable bonds is 5. The van der Waals surface area contributed by atoms with Gasteiger partial charge in [-0.05, 0) is 37.4 Å². The summed E-state index contributed by atoms with van der Waals surface area (Å²) in [5.74, 6) is -0.948. The van der Waals surface area contributed by atoms with E-state index in [0.29, 0.717) is 11.3 Å². The fraction of sp³-hybridized carbons (Fsp3) is 0.188. The summed E-state index contributed by atoms with van der Waals surface area (Å²) in [5, 5.41) is 2.72. The van der Waals surface area contributed by atoms with Gasteiger partial charge in [-0.3, -0.25) is 9.78 Å². The van der Waals surface area contributed by atoms with Crippen molar-refractivity contribution in [3.05, 3.63) is 53.9 Å². The number of hydrogen-bond acceptors (Lipinski definition) is 5. The number of ether oxygens (including phenoxy) is 1. The average Bonchev–Trinajstić information content (AvgIpc) is 2.54. The summed E-state index contributed by atoms with van der Waals surface area (Å²) < 4.78 is 4.98. The molecule has 1 amide bonds. The van der Waals surface area contributed by atoms with Crippen LogP contribution in [-0.2, 0) is 9.53 Å². The van der Waals surface area contributed by atoms with Gasteiger partial charge in [0, 0.05) is 16.8 Å². The Bertz CT molecular complexity index is 671. The molecule has 6 heteroatoms. The Morgan fingerprint density at radius 1 is 1.23 bits per heavy atom. The highest BCUT2D eigenvalue weighted by atomic mass is 32.2. The van der Waals surface area contributed by atoms with Crippen molar-refractivity contribution in [1.82, 2.24) is 4.98 Å². The number of amides is 1. The van der Waals surface area contributed by atoms with Crippen LogP contribution in [0.2, 0.25) is 0 Å². The van der Waals surface area contributed by atoms with Gasteiger partial charge >= 0.3 is 5.97 Å². The van der Waals surface area contributed by atoms with Gasteiger partial charge in [0.05, 0.1) is 11.3 Å². The van der Waals surface area contributed by atoms with E-state index in [-0.39, 0.29) is 12.5 Å². The van der Waals surface area contributed by atoms with Crippen LogP contribution in [0.15, 0.2) is 47.5 Å². The maximum atomic E-state index is 11.9. The number of esters is 1. The van der Waals surface area contributed by atoms with Crippen molar-refractivity contribution in [3.63, 3.8) is 0 Å². The van der Waals surface area contributed by atoms with E-state index in [1.54, 1.807) is 18.2 Å². The molecular formula is C16H16N2O3S. The number of aromatic nitrogens is 1. The van der Waals surface area contributed by atoms with Crippen LogP contribution in [0.4, 0.5) is 5.69 Å². The van der Waals surface area contributed by atoms with Crippen LogP contribution in [0.5, 0.6) is 0 Å². The minimum absolute atomic E-state index is 0.322. The molecule has 0 atom stereocenters. The lowest BCUT2D eigenvalue weighted by Gasteiger charge is -2.09. The molecule has 0 unspecified atom stereocenters. The van der Waals surface area contributed by atoms with Crippen LogP contribution in [0.1, 0.15) is 16.1 Å². The van der Waals surface area contributed by atoms with Gasteiger partial charge in [0.2, 0.25) is 0 Å². The molecule has 1 N–H and O–H groups in total. The summed E-state index contributed by atoms with van der Waals surface area (Å²) in [7, 11) is 0. The molecule has 0 bridgehead atoms. The molecule has 0 fully saturated rings. The molecule has 22 heavy (non-hydrogen) atoms. The van der Waals surface area contributed by atoms with Crippen LogP contribution in [0, 0.1) is 6.92 Å². The van der Waals surface area contributed by atoms with E-state index in [9.17, 15) is 9.59 Å². The lowest BCUT2D eigenvalue weighted by atomic mass is 10.2. The molecule has 1 heterocycles. The maximum absolute atomic E-state index is 11.9. The van der Waals surface area contributed by atoms with Crippen LogP contribution >= 0.6 is 11.8 Å². The highest BCUT2D eigenvalue weighted by Gasteiger charge is 2.11. The Morgan fingerprint density at radius 2 is 2.00 bits per heavy atom. The third-order valence-electron chi connectivity index (χ3n) is 2.86. The van der Waals surface area contributed by atoms with E-state index in [1.165, 1.54) is 18.0 Å². The first-order valence-electron chi connectivity index (χ1n) is 6.63. The smallest absolute Gasteiger partial charge is 0.340 e. The van der Waals surface area contributed by atoms with Crippen LogP contribution < -0.4 is 5.32 Å². The van der Waals surface area contributed by atoms with Crippen LogP contribution in [0.25, 0.3) is 0 Å². The first kappa shape index (κ1) is 16.0. The zero-order chi connectivity index (χ0) is 15.9. The van der Waals surface area contributed by atoms with Crippen molar-refractivity contribution >= 4 is 29.3 Å². The highest BCUT2D eigenvalue weighted by Crippen LogP contribution is 2.24. The van der Waals surface area contributed by atoms with Gasteiger partial charge in [-0.2, -0.15) is 0 Å². The SMILES string of the molecule is CSc1ccccc1NC(=O)COC(=O)c1ccc(C)nc1. The Morgan fingerprint density at radius 3 is 2.68 bits per heavy atom. The number of pyridine rings is 1. The second-order valence-corrected chi connectivity index (χ2v) is 5.36. The first-order chi connectivity index (χ1) is 10.6. The van der Waals surface area contributed by atoms with Crippen molar-refractivity contribution in [1.29, 1.82) is 0 Å². The molecule has 0 aliphatic carbocycles. The second-order valence-electron chi connectivity index (χ2n) is 4.51. The van der Waals surface area contributed by atoms with E-state index in [4.69, 9.17) is 4.74 Å². The molecular weight excluding hydrogens is 300 g/mol. The summed E-state index contributed by atoms with van der Waals surface area (Å²) in [4.78, 5) is 28.6. The number of hydrogen-bond donors (Lipinski definition) is 1. The summed E-state index contributed by atoms with van der Waals surface area (Å²) in [5.41, 5.74) is 1.83. The van der Waals surface area contributed by atoms with Crippen molar-refractivity contribution < 1.29 is 14.3 Å². The molecule has 0 aliphatic rings. The summed E-state index contributed by atoms with van der Waals surface area (Å²) in [6.45, 7) is 1.49. The molecule has 0 aliphatic heterocycles. The number of carbonyl (C=O) groups excluding carboxylic acids is 2. The third kappa shape index (κ3) is 4.33. The molecule has 0 radical (unpaired) electrons. The summed E-state index contributed by atoms with van der Waals surface area (Å²) in [6.07, 6.45) is 3.36. The Balaban J connectivity index is 1.90. The van der Waals surface area contributed by atoms with Gasteiger partial charge < -0.3 is 10.1 Å². The molecule has 0 saturated heterocycles. The van der Waals surface area contributed by atoms with Crippen LogP contribution in [-0.4, -0.2) is 29.7 Å². The van der Waals surface area contributed by atoms with E-state index >= 15 is 0 Å². The molecule has 2 aromatic rings. The predicted molar refractivity (Wildman–Crippen MR) is 86.1 cm³/mol. The first-order valence-corrected chi connectivity index (χ1v) is 7.85. The van der Waals surface area contributed by atoms with Gasteiger partial charge in [-0.1, -0.05) is 12.1 Å². The molecule has 5 nitrogen and oxygen atoms in total. The van der Waals surface area contributed by atoms with Gasteiger partial charge in [-0.25, -0.2) is 4.79 Å². The average molecular weight is 316 g/mol. The Kier molecular flexibility index (Phi) is 5.55. The number of benzene rings is 1. The van der Waals surface area contributed by atoms with Crippen molar-refractivity contribution in [3.8, 4) is 0 Å². The fourth-order valence-electron chi connectivity index (χ4n) is 1.74. The number of thioether (sulfide) groups is 1. The fourth-order valence-corrected chi connectivity index (χ4v) is 2.29. The van der Waals surface area contributed by atoms with Gasteiger partial charge in [0.15, 0.2) is 6.61 Å². The summed E-state index contributed by atoms with van der Waals surface area (Å²) >= 11 is 1.53.